The van der Waals surface area contributed by atoms with Crippen LogP contribution < -0.4 is 0 Å². The SMILES string of the molecule is Cc1oc(C)c(C(Cl)c2ccc(C)c3ccccc23)c1C. The molecule has 3 aromatic rings. The first-order valence-corrected chi connectivity index (χ1v) is 7.63. The summed E-state index contributed by atoms with van der Waals surface area (Å²) in [5.74, 6) is 1.86. The van der Waals surface area contributed by atoms with Gasteiger partial charge in [-0.2, -0.15) is 0 Å². The van der Waals surface area contributed by atoms with Crippen LogP contribution in [0.15, 0.2) is 40.8 Å². The average molecular weight is 299 g/mol. The fourth-order valence-corrected chi connectivity index (χ4v) is 3.54. The van der Waals surface area contributed by atoms with Gasteiger partial charge in [-0.05, 0) is 55.2 Å². The first-order chi connectivity index (χ1) is 10.0. The van der Waals surface area contributed by atoms with Crippen LogP contribution >= 0.6 is 11.6 Å². The van der Waals surface area contributed by atoms with Gasteiger partial charge in [-0.3, -0.25) is 0 Å². The third kappa shape index (κ3) is 2.26. The van der Waals surface area contributed by atoms with Crippen molar-refractivity contribution >= 4 is 22.4 Å². The Bertz CT molecular complexity index is 814. The Balaban J connectivity index is 2.23. The molecule has 1 unspecified atom stereocenters. The second-order valence-corrected chi connectivity index (χ2v) is 6.07. The number of benzene rings is 2. The summed E-state index contributed by atoms with van der Waals surface area (Å²) in [7, 11) is 0. The second-order valence-electron chi connectivity index (χ2n) is 5.63. The zero-order valence-corrected chi connectivity index (χ0v) is 13.6. The number of hydrogen-bond donors (Lipinski definition) is 0. The lowest BCUT2D eigenvalue weighted by atomic mass is 9.94. The molecule has 2 aromatic carbocycles. The van der Waals surface area contributed by atoms with Crippen LogP contribution in [-0.4, -0.2) is 0 Å². The van der Waals surface area contributed by atoms with Gasteiger partial charge in [0.05, 0.1) is 5.38 Å². The number of aryl methyl sites for hydroxylation is 3. The van der Waals surface area contributed by atoms with Crippen molar-refractivity contribution in [1.29, 1.82) is 0 Å². The highest BCUT2D eigenvalue weighted by molar-refractivity contribution is 6.24. The predicted octanol–water partition coefficient (Wildman–Crippen LogP) is 5.99. The number of halogens is 1. The van der Waals surface area contributed by atoms with Crippen molar-refractivity contribution in [1.82, 2.24) is 0 Å². The second kappa shape index (κ2) is 5.23. The molecule has 0 aliphatic rings. The highest BCUT2D eigenvalue weighted by Gasteiger charge is 2.22. The van der Waals surface area contributed by atoms with Crippen molar-refractivity contribution in [3.63, 3.8) is 0 Å². The largest absolute Gasteiger partial charge is 0.466 e. The van der Waals surface area contributed by atoms with Crippen molar-refractivity contribution in [3.8, 4) is 0 Å². The lowest BCUT2D eigenvalue weighted by Crippen LogP contribution is -1.98. The summed E-state index contributed by atoms with van der Waals surface area (Å²) in [6, 6.07) is 12.7. The van der Waals surface area contributed by atoms with Gasteiger partial charge in [0.2, 0.25) is 0 Å². The third-order valence-corrected chi connectivity index (χ3v) is 4.77. The van der Waals surface area contributed by atoms with Crippen LogP contribution in [0, 0.1) is 27.7 Å². The van der Waals surface area contributed by atoms with Gasteiger partial charge in [-0.1, -0.05) is 36.4 Å². The molecule has 0 aliphatic carbocycles. The lowest BCUT2D eigenvalue weighted by Gasteiger charge is -2.15. The van der Waals surface area contributed by atoms with Gasteiger partial charge in [-0.15, -0.1) is 11.6 Å². The monoisotopic (exact) mass is 298 g/mol. The highest BCUT2D eigenvalue weighted by Crippen LogP contribution is 2.39. The summed E-state index contributed by atoms with van der Waals surface area (Å²) < 4.78 is 5.74. The quantitative estimate of drug-likeness (QED) is 0.529. The van der Waals surface area contributed by atoms with E-state index in [2.05, 4.69) is 50.2 Å². The molecule has 0 radical (unpaired) electrons. The maximum atomic E-state index is 6.83. The van der Waals surface area contributed by atoms with Crippen molar-refractivity contribution in [2.45, 2.75) is 33.1 Å². The van der Waals surface area contributed by atoms with E-state index < -0.39 is 0 Å². The molecule has 0 bridgehead atoms. The van der Waals surface area contributed by atoms with E-state index in [0.29, 0.717) is 0 Å². The summed E-state index contributed by atoms with van der Waals surface area (Å²) >= 11 is 6.83. The fraction of sp³-hybridized carbons (Fsp3) is 0.263. The lowest BCUT2D eigenvalue weighted by molar-refractivity contribution is 0.500. The molecule has 2 heteroatoms. The van der Waals surface area contributed by atoms with Crippen LogP contribution in [0.2, 0.25) is 0 Å². The maximum Gasteiger partial charge on any atom is 0.106 e. The standard InChI is InChI=1S/C19H19ClO/c1-11-9-10-17(16-8-6-5-7-15(11)16)19(20)18-12(2)13(3)21-14(18)4/h5-10,19H,1-4H3. The maximum absolute atomic E-state index is 6.83. The van der Waals surface area contributed by atoms with E-state index in [1.807, 2.05) is 13.8 Å². The number of alkyl halides is 1. The van der Waals surface area contributed by atoms with E-state index in [0.717, 1.165) is 28.2 Å². The summed E-state index contributed by atoms with van der Waals surface area (Å²) in [6.45, 7) is 8.19. The minimum absolute atomic E-state index is 0.187. The Morgan fingerprint density at radius 3 is 2.14 bits per heavy atom. The van der Waals surface area contributed by atoms with Crippen molar-refractivity contribution in [2.24, 2.45) is 0 Å². The molecule has 0 fully saturated rings. The molecule has 0 saturated heterocycles. The molecule has 0 amide bonds. The molecule has 0 saturated carbocycles. The summed E-state index contributed by atoms with van der Waals surface area (Å²) in [4.78, 5) is 0. The Kier molecular flexibility index (Phi) is 3.54. The molecular formula is C19H19ClO. The van der Waals surface area contributed by atoms with Crippen molar-refractivity contribution < 1.29 is 4.42 Å². The van der Waals surface area contributed by atoms with Crippen LogP contribution in [0.5, 0.6) is 0 Å². The molecule has 21 heavy (non-hydrogen) atoms. The molecule has 0 N–H and O–H groups in total. The summed E-state index contributed by atoms with van der Waals surface area (Å²) in [6.07, 6.45) is 0. The first kappa shape index (κ1) is 14.2. The van der Waals surface area contributed by atoms with Crippen LogP contribution in [-0.2, 0) is 0 Å². The number of rotatable bonds is 2. The van der Waals surface area contributed by atoms with E-state index in [-0.39, 0.29) is 5.38 Å². The van der Waals surface area contributed by atoms with E-state index in [4.69, 9.17) is 16.0 Å². The van der Waals surface area contributed by atoms with E-state index in [1.165, 1.54) is 16.3 Å². The molecule has 0 aliphatic heterocycles. The van der Waals surface area contributed by atoms with Crippen LogP contribution in [0.25, 0.3) is 10.8 Å². The topological polar surface area (TPSA) is 13.1 Å². The normalized spacial score (nSPS) is 12.8. The first-order valence-electron chi connectivity index (χ1n) is 7.19. The van der Waals surface area contributed by atoms with Gasteiger partial charge in [0.15, 0.2) is 0 Å². The number of furan rings is 1. The van der Waals surface area contributed by atoms with Crippen molar-refractivity contribution in [2.75, 3.05) is 0 Å². The average Bonchev–Trinajstić information content (AvgIpc) is 2.72. The van der Waals surface area contributed by atoms with Gasteiger partial charge in [0.1, 0.15) is 11.5 Å². The Labute approximate surface area is 130 Å². The Morgan fingerprint density at radius 2 is 1.52 bits per heavy atom. The molecule has 1 atom stereocenters. The number of fused-ring (bicyclic) bond motifs is 1. The van der Waals surface area contributed by atoms with Crippen molar-refractivity contribution in [3.05, 3.63) is 70.2 Å². The predicted molar refractivity (Wildman–Crippen MR) is 89.3 cm³/mol. The zero-order chi connectivity index (χ0) is 15.1. The summed E-state index contributed by atoms with van der Waals surface area (Å²) in [5.41, 5.74) is 4.67. The van der Waals surface area contributed by atoms with Gasteiger partial charge in [-0.25, -0.2) is 0 Å². The van der Waals surface area contributed by atoms with Gasteiger partial charge < -0.3 is 4.42 Å². The molecular weight excluding hydrogens is 280 g/mol. The molecule has 3 rings (SSSR count). The van der Waals surface area contributed by atoms with Gasteiger partial charge in [0.25, 0.3) is 0 Å². The Hall–Kier alpha value is -1.73. The molecule has 108 valence electrons. The molecule has 1 heterocycles. The van der Waals surface area contributed by atoms with E-state index in [1.54, 1.807) is 0 Å². The minimum Gasteiger partial charge on any atom is -0.466 e. The van der Waals surface area contributed by atoms with Gasteiger partial charge in [0, 0.05) is 5.56 Å². The molecule has 1 aromatic heterocycles. The van der Waals surface area contributed by atoms with Gasteiger partial charge >= 0.3 is 0 Å². The minimum atomic E-state index is -0.187. The molecule has 1 nitrogen and oxygen atoms in total. The van der Waals surface area contributed by atoms with Crippen LogP contribution in [0.3, 0.4) is 0 Å². The summed E-state index contributed by atoms with van der Waals surface area (Å²) in [5, 5.41) is 2.29. The fourth-order valence-electron chi connectivity index (χ4n) is 3.03. The highest BCUT2D eigenvalue weighted by atomic mass is 35.5. The van der Waals surface area contributed by atoms with E-state index in [9.17, 15) is 0 Å². The molecule has 0 spiro atoms. The Morgan fingerprint density at radius 1 is 0.857 bits per heavy atom. The zero-order valence-electron chi connectivity index (χ0n) is 12.8. The van der Waals surface area contributed by atoms with Crippen LogP contribution in [0.1, 0.15) is 39.2 Å². The van der Waals surface area contributed by atoms with E-state index >= 15 is 0 Å². The third-order valence-electron chi connectivity index (χ3n) is 4.32. The smallest absolute Gasteiger partial charge is 0.106 e. The number of hydrogen-bond acceptors (Lipinski definition) is 1. The van der Waals surface area contributed by atoms with Crippen LogP contribution in [0.4, 0.5) is 0 Å².